The number of nitro groups is 1. The number of amides is 1. The van der Waals surface area contributed by atoms with Crippen LogP contribution in [-0.2, 0) is 6.54 Å². The molecule has 0 saturated carbocycles. The Morgan fingerprint density at radius 2 is 2.00 bits per heavy atom. The third kappa shape index (κ3) is 3.69. The number of aromatic hydroxyl groups is 1. The van der Waals surface area contributed by atoms with Crippen molar-refractivity contribution < 1.29 is 14.8 Å². The first-order chi connectivity index (χ1) is 13.0. The van der Waals surface area contributed by atoms with E-state index in [2.05, 4.69) is 17.2 Å². The van der Waals surface area contributed by atoms with Crippen LogP contribution in [0, 0.1) is 10.1 Å². The second-order valence-corrected chi connectivity index (χ2v) is 6.01. The number of hydrogen-bond donors (Lipinski definition) is 1. The average Bonchev–Trinajstić information content (AvgIpc) is 2.95. The van der Waals surface area contributed by atoms with Crippen molar-refractivity contribution in [2.45, 2.75) is 26.3 Å². The summed E-state index contributed by atoms with van der Waals surface area (Å²) in [5.74, 6) is -0.774. The van der Waals surface area contributed by atoms with Crippen molar-refractivity contribution in [1.82, 2.24) is 4.57 Å². The highest BCUT2D eigenvalue weighted by Gasteiger charge is 2.17. The Hall–Kier alpha value is -3.55. The molecule has 8 nitrogen and oxygen atoms in total. The van der Waals surface area contributed by atoms with Crippen LogP contribution in [0.5, 0.6) is 5.88 Å². The van der Waals surface area contributed by atoms with Crippen molar-refractivity contribution in [2.24, 2.45) is 10.2 Å². The predicted octanol–water partition coefficient (Wildman–Crippen LogP) is 4.98. The zero-order chi connectivity index (χ0) is 19.4. The number of aryl methyl sites for hydroxylation is 1. The third-order valence-corrected chi connectivity index (χ3v) is 4.20. The fourth-order valence-corrected chi connectivity index (χ4v) is 2.82. The highest BCUT2D eigenvalue weighted by molar-refractivity contribution is 5.97. The van der Waals surface area contributed by atoms with Gasteiger partial charge in [0.25, 0.3) is 11.6 Å². The molecule has 0 aliphatic rings. The SMILES string of the molecule is CCCCn1c(O)c(N=NC(=O)c2cccc([N+](=O)[O-])c2)c2ccccc21. The number of carbonyl (C=O) groups excluding carboxylic acids is 1. The van der Waals surface area contributed by atoms with Gasteiger partial charge in [-0.25, -0.2) is 0 Å². The number of nitro benzene ring substituents is 1. The molecule has 0 spiro atoms. The maximum atomic E-state index is 12.2. The molecule has 3 aromatic rings. The maximum absolute atomic E-state index is 12.2. The summed E-state index contributed by atoms with van der Waals surface area (Å²) in [4.78, 5) is 22.5. The van der Waals surface area contributed by atoms with E-state index in [1.54, 1.807) is 10.6 Å². The lowest BCUT2D eigenvalue weighted by molar-refractivity contribution is -0.384. The Kier molecular flexibility index (Phi) is 5.25. The quantitative estimate of drug-likeness (QED) is 0.377. The number of non-ortho nitro benzene ring substituents is 1. The summed E-state index contributed by atoms with van der Waals surface area (Å²) in [6.07, 6.45) is 1.85. The largest absolute Gasteiger partial charge is 0.493 e. The molecule has 0 saturated heterocycles. The molecule has 0 aliphatic heterocycles. The Morgan fingerprint density at radius 3 is 2.74 bits per heavy atom. The first kappa shape index (κ1) is 18.2. The van der Waals surface area contributed by atoms with Gasteiger partial charge >= 0.3 is 0 Å². The molecule has 0 bridgehead atoms. The Labute approximate surface area is 154 Å². The van der Waals surface area contributed by atoms with E-state index >= 15 is 0 Å². The van der Waals surface area contributed by atoms with E-state index in [9.17, 15) is 20.0 Å². The van der Waals surface area contributed by atoms with Gasteiger partial charge in [-0.15, -0.1) is 10.2 Å². The summed E-state index contributed by atoms with van der Waals surface area (Å²) in [6, 6.07) is 12.6. The first-order valence-corrected chi connectivity index (χ1v) is 8.53. The molecule has 1 N–H and O–H groups in total. The molecule has 1 aromatic heterocycles. The topological polar surface area (TPSA) is 110 Å². The Bertz CT molecular complexity index is 1040. The van der Waals surface area contributed by atoms with Crippen molar-refractivity contribution in [3.8, 4) is 5.88 Å². The van der Waals surface area contributed by atoms with Gasteiger partial charge in [0.15, 0.2) is 5.69 Å². The van der Waals surface area contributed by atoms with Crippen LogP contribution in [-0.4, -0.2) is 20.5 Å². The van der Waals surface area contributed by atoms with E-state index in [1.165, 1.54) is 18.2 Å². The van der Waals surface area contributed by atoms with Gasteiger partial charge < -0.3 is 9.67 Å². The normalized spacial score (nSPS) is 11.3. The number of azo groups is 1. The number of nitrogens with zero attached hydrogens (tertiary/aromatic N) is 4. The van der Waals surface area contributed by atoms with Crippen LogP contribution < -0.4 is 0 Å². The van der Waals surface area contributed by atoms with E-state index in [0.717, 1.165) is 24.4 Å². The minimum Gasteiger partial charge on any atom is -0.493 e. The highest BCUT2D eigenvalue weighted by Crippen LogP contribution is 2.39. The van der Waals surface area contributed by atoms with Gasteiger partial charge in [-0.3, -0.25) is 14.9 Å². The van der Waals surface area contributed by atoms with Gasteiger partial charge in [0, 0.05) is 24.1 Å². The molecule has 138 valence electrons. The molecule has 1 amide bonds. The zero-order valence-corrected chi connectivity index (χ0v) is 14.7. The summed E-state index contributed by atoms with van der Waals surface area (Å²) in [7, 11) is 0. The van der Waals surface area contributed by atoms with Crippen LogP contribution in [0.1, 0.15) is 30.1 Å². The summed E-state index contributed by atoms with van der Waals surface area (Å²) in [5.41, 5.74) is 0.873. The summed E-state index contributed by atoms with van der Waals surface area (Å²) in [6.45, 7) is 2.68. The van der Waals surface area contributed by atoms with Gasteiger partial charge in [0.05, 0.1) is 16.0 Å². The molecule has 0 unspecified atom stereocenters. The van der Waals surface area contributed by atoms with Crippen LogP contribution in [0.4, 0.5) is 11.4 Å². The van der Waals surface area contributed by atoms with Crippen LogP contribution in [0.3, 0.4) is 0 Å². The number of fused-ring (bicyclic) bond motifs is 1. The minimum absolute atomic E-state index is 0.0553. The van der Waals surface area contributed by atoms with E-state index in [1.807, 2.05) is 18.2 Å². The lowest BCUT2D eigenvalue weighted by Gasteiger charge is -2.05. The summed E-state index contributed by atoms with van der Waals surface area (Å²) >= 11 is 0. The molecule has 0 radical (unpaired) electrons. The highest BCUT2D eigenvalue weighted by atomic mass is 16.6. The lowest BCUT2D eigenvalue weighted by Crippen LogP contribution is -1.96. The molecule has 8 heteroatoms. The van der Waals surface area contributed by atoms with Crippen LogP contribution in [0.2, 0.25) is 0 Å². The lowest BCUT2D eigenvalue weighted by atomic mass is 10.2. The Balaban J connectivity index is 1.96. The van der Waals surface area contributed by atoms with Gasteiger partial charge in [-0.2, -0.15) is 0 Å². The molecule has 2 aromatic carbocycles. The number of carbonyl (C=O) groups is 1. The van der Waals surface area contributed by atoms with Crippen LogP contribution in [0.15, 0.2) is 58.8 Å². The van der Waals surface area contributed by atoms with Crippen molar-refractivity contribution in [3.63, 3.8) is 0 Å². The van der Waals surface area contributed by atoms with Gasteiger partial charge in [0.1, 0.15) is 0 Å². The molecular weight excluding hydrogens is 348 g/mol. The number of benzene rings is 2. The smallest absolute Gasteiger partial charge is 0.295 e. The molecule has 0 fully saturated rings. The van der Waals surface area contributed by atoms with E-state index < -0.39 is 10.8 Å². The van der Waals surface area contributed by atoms with E-state index in [4.69, 9.17) is 0 Å². The second kappa shape index (κ2) is 7.77. The van der Waals surface area contributed by atoms with Crippen molar-refractivity contribution >= 4 is 28.2 Å². The number of unbranched alkanes of at least 4 members (excludes halogenated alkanes) is 1. The number of aromatic nitrogens is 1. The zero-order valence-electron chi connectivity index (χ0n) is 14.7. The third-order valence-electron chi connectivity index (χ3n) is 4.20. The fraction of sp³-hybridized carbons (Fsp3) is 0.211. The second-order valence-electron chi connectivity index (χ2n) is 6.01. The van der Waals surface area contributed by atoms with Crippen molar-refractivity contribution in [3.05, 3.63) is 64.2 Å². The number of para-hydroxylation sites is 1. The van der Waals surface area contributed by atoms with Gasteiger partial charge in [-0.1, -0.05) is 37.6 Å². The van der Waals surface area contributed by atoms with E-state index in [-0.39, 0.29) is 22.8 Å². The minimum atomic E-state index is -0.719. The molecule has 3 rings (SSSR count). The van der Waals surface area contributed by atoms with Crippen molar-refractivity contribution in [2.75, 3.05) is 0 Å². The summed E-state index contributed by atoms with van der Waals surface area (Å²) < 4.78 is 1.74. The molecular formula is C19H18N4O4. The van der Waals surface area contributed by atoms with Crippen molar-refractivity contribution in [1.29, 1.82) is 0 Å². The molecule has 0 atom stereocenters. The maximum Gasteiger partial charge on any atom is 0.295 e. The molecule has 1 heterocycles. The monoisotopic (exact) mass is 366 g/mol. The van der Waals surface area contributed by atoms with Crippen LogP contribution >= 0.6 is 0 Å². The summed E-state index contributed by atoms with van der Waals surface area (Å²) in [5, 5.41) is 29.7. The molecule has 27 heavy (non-hydrogen) atoms. The fourth-order valence-electron chi connectivity index (χ4n) is 2.82. The molecule has 0 aliphatic carbocycles. The average molecular weight is 366 g/mol. The standard InChI is InChI=1S/C19H18N4O4/c1-2-3-11-22-16-10-5-4-9-15(16)17(19(22)25)20-21-18(24)13-7-6-8-14(12-13)23(26)27/h4-10,12,25H,2-3,11H2,1H3. The van der Waals surface area contributed by atoms with E-state index in [0.29, 0.717) is 11.9 Å². The number of rotatable bonds is 6. The predicted molar refractivity (Wildman–Crippen MR) is 100 cm³/mol. The number of hydrogen-bond acceptors (Lipinski definition) is 5. The van der Waals surface area contributed by atoms with Gasteiger partial charge in [0.2, 0.25) is 5.88 Å². The first-order valence-electron chi connectivity index (χ1n) is 8.53. The Morgan fingerprint density at radius 1 is 1.22 bits per heavy atom. The van der Waals surface area contributed by atoms with Gasteiger partial charge in [-0.05, 0) is 18.6 Å². The van der Waals surface area contributed by atoms with Crippen LogP contribution in [0.25, 0.3) is 10.9 Å².